The highest BCUT2D eigenvalue weighted by molar-refractivity contribution is 8.01. The number of thioether (sulfide) groups is 1. The van der Waals surface area contributed by atoms with Gasteiger partial charge in [-0.25, -0.2) is 0 Å². The van der Waals surface area contributed by atoms with E-state index in [0.717, 1.165) is 38.6 Å². The Hall–Kier alpha value is -1.86. The fraction of sp³-hybridized carbons (Fsp3) is 0.312. The van der Waals surface area contributed by atoms with Crippen molar-refractivity contribution in [1.29, 1.82) is 0 Å². The van der Waals surface area contributed by atoms with E-state index in [-0.39, 0.29) is 12.3 Å². The summed E-state index contributed by atoms with van der Waals surface area (Å²) < 4.78 is 6.38. The van der Waals surface area contributed by atoms with E-state index >= 15 is 0 Å². The van der Waals surface area contributed by atoms with Gasteiger partial charge in [-0.3, -0.25) is 4.79 Å². The molecule has 0 spiro atoms. The number of aromatic nitrogens is 2. The van der Waals surface area contributed by atoms with Crippen molar-refractivity contribution in [1.82, 2.24) is 10.2 Å². The number of carbonyl (C=O) groups is 1. The first-order valence-electron chi connectivity index (χ1n) is 7.38. The first kappa shape index (κ1) is 16.0. The maximum atomic E-state index is 12.2. The molecule has 0 aliphatic carbocycles. The molecule has 0 saturated carbocycles. The van der Waals surface area contributed by atoms with Crippen molar-refractivity contribution in [3.63, 3.8) is 0 Å². The van der Waals surface area contributed by atoms with Gasteiger partial charge in [-0.1, -0.05) is 41.7 Å². The highest BCUT2D eigenvalue weighted by Crippen LogP contribution is 2.26. The van der Waals surface area contributed by atoms with E-state index in [1.807, 2.05) is 25.1 Å². The Kier molecular flexibility index (Phi) is 4.97. The molecule has 1 N–H and O–H groups in total. The zero-order chi connectivity index (χ0) is 16.2. The molecule has 5 nitrogen and oxygen atoms in total. The largest absolute Gasteiger partial charge is 0.464 e. The van der Waals surface area contributed by atoms with Crippen LogP contribution in [0.25, 0.3) is 11.0 Å². The molecular formula is C16H17N3O2S2. The number of nitrogens with zero attached hydrogens (tertiary/aromatic N) is 2. The topological polar surface area (TPSA) is 68.0 Å². The molecule has 2 heterocycles. The van der Waals surface area contributed by atoms with Crippen LogP contribution in [0.5, 0.6) is 0 Å². The standard InChI is InChI=1S/C16H17N3O2S2/c1-3-6-22-16-19-18-15(23-16)17-14(20)8-11-9-21-13-5-4-10(2)7-12(11)13/h4-5,7,9H,3,6,8H2,1-2H3,(H,17,18,20). The number of anilines is 1. The van der Waals surface area contributed by atoms with Crippen molar-refractivity contribution in [2.75, 3.05) is 11.1 Å². The number of hydrogen-bond acceptors (Lipinski definition) is 6. The van der Waals surface area contributed by atoms with Gasteiger partial charge in [0, 0.05) is 16.7 Å². The molecule has 0 aliphatic heterocycles. The van der Waals surface area contributed by atoms with Gasteiger partial charge in [0.15, 0.2) is 4.34 Å². The van der Waals surface area contributed by atoms with Crippen LogP contribution in [0.15, 0.2) is 33.2 Å². The molecule has 0 aliphatic rings. The summed E-state index contributed by atoms with van der Waals surface area (Å²) in [6.45, 7) is 4.14. The molecule has 1 aromatic carbocycles. The van der Waals surface area contributed by atoms with Gasteiger partial charge in [-0.2, -0.15) is 0 Å². The summed E-state index contributed by atoms with van der Waals surface area (Å²) in [7, 11) is 0. The van der Waals surface area contributed by atoms with Gasteiger partial charge in [-0.15, -0.1) is 10.2 Å². The molecule has 120 valence electrons. The van der Waals surface area contributed by atoms with Crippen LogP contribution in [-0.2, 0) is 11.2 Å². The van der Waals surface area contributed by atoms with E-state index in [2.05, 4.69) is 22.4 Å². The maximum Gasteiger partial charge on any atom is 0.230 e. The van der Waals surface area contributed by atoms with E-state index < -0.39 is 0 Å². The zero-order valence-corrected chi connectivity index (χ0v) is 14.6. The summed E-state index contributed by atoms with van der Waals surface area (Å²) in [5.74, 6) is 0.889. The third-order valence-electron chi connectivity index (χ3n) is 3.24. The summed E-state index contributed by atoms with van der Waals surface area (Å²) in [5, 5.41) is 12.4. The van der Waals surface area contributed by atoms with Crippen LogP contribution >= 0.6 is 23.1 Å². The van der Waals surface area contributed by atoms with E-state index in [1.54, 1.807) is 18.0 Å². The summed E-state index contributed by atoms with van der Waals surface area (Å²) >= 11 is 3.06. The Morgan fingerprint density at radius 3 is 3.09 bits per heavy atom. The SMILES string of the molecule is CCCSc1nnc(NC(=O)Cc2coc3ccc(C)cc23)s1. The lowest BCUT2D eigenvalue weighted by molar-refractivity contribution is -0.115. The smallest absolute Gasteiger partial charge is 0.230 e. The van der Waals surface area contributed by atoms with Crippen LogP contribution in [0.3, 0.4) is 0 Å². The Morgan fingerprint density at radius 2 is 2.26 bits per heavy atom. The van der Waals surface area contributed by atoms with Crippen LogP contribution in [0.2, 0.25) is 0 Å². The van der Waals surface area contributed by atoms with Crippen molar-refractivity contribution < 1.29 is 9.21 Å². The number of rotatable bonds is 6. The number of aryl methyl sites for hydroxylation is 1. The van der Waals surface area contributed by atoms with E-state index in [4.69, 9.17) is 4.42 Å². The number of amides is 1. The third-order valence-corrected chi connectivity index (χ3v) is 5.42. The quantitative estimate of drug-likeness (QED) is 0.532. The normalized spacial score (nSPS) is 11.0. The predicted molar refractivity (Wildman–Crippen MR) is 94.2 cm³/mol. The second-order valence-corrected chi connectivity index (χ2v) is 7.53. The lowest BCUT2D eigenvalue weighted by atomic mass is 10.1. The predicted octanol–water partition coefficient (Wildman–Crippen LogP) is 4.28. The Morgan fingerprint density at radius 1 is 1.39 bits per heavy atom. The molecular weight excluding hydrogens is 330 g/mol. The summed E-state index contributed by atoms with van der Waals surface area (Å²) in [6, 6.07) is 5.95. The first-order valence-corrected chi connectivity index (χ1v) is 9.19. The Bertz CT molecular complexity index is 826. The number of carbonyl (C=O) groups excluding carboxylic acids is 1. The molecule has 3 rings (SSSR count). The molecule has 0 saturated heterocycles. The molecule has 2 aromatic heterocycles. The third kappa shape index (κ3) is 3.92. The van der Waals surface area contributed by atoms with E-state index in [9.17, 15) is 4.79 Å². The minimum atomic E-state index is -0.114. The van der Waals surface area contributed by atoms with E-state index in [1.165, 1.54) is 11.3 Å². The van der Waals surface area contributed by atoms with Gasteiger partial charge >= 0.3 is 0 Å². The summed E-state index contributed by atoms with van der Waals surface area (Å²) in [6.07, 6.45) is 2.98. The van der Waals surface area contributed by atoms with Crippen LogP contribution < -0.4 is 5.32 Å². The van der Waals surface area contributed by atoms with Crippen molar-refractivity contribution in [3.05, 3.63) is 35.6 Å². The highest BCUT2D eigenvalue weighted by atomic mass is 32.2. The fourth-order valence-electron chi connectivity index (χ4n) is 2.18. The number of nitrogens with one attached hydrogen (secondary N) is 1. The minimum absolute atomic E-state index is 0.114. The maximum absolute atomic E-state index is 12.2. The number of benzene rings is 1. The summed E-state index contributed by atoms with van der Waals surface area (Å²) in [5.41, 5.74) is 2.82. The summed E-state index contributed by atoms with van der Waals surface area (Å²) in [4.78, 5) is 12.2. The number of furan rings is 1. The van der Waals surface area contributed by atoms with Gasteiger partial charge in [-0.05, 0) is 25.5 Å². The van der Waals surface area contributed by atoms with E-state index in [0.29, 0.717) is 5.13 Å². The lowest BCUT2D eigenvalue weighted by Gasteiger charge is -2.00. The first-order chi connectivity index (χ1) is 11.2. The highest BCUT2D eigenvalue weighted by Gasteiger charge is 2.13. The van der Waals surface area contributed by atoms with Gasteiger partial charge < -0.3 is 9.73 Å². The molecule has 0 fully saturated rings. The van der Waals surface area contributed by atoms with Crippen molar-refractivity contribution >= 4 is 45.1 Å². The number of fused-ring (bicyclic) bond motifs is 1. The molecule has 0 radical (unpaired) electrons. The Balaban J connectivity index is 1.66. The minimum Gasteiger partial charge on any atom is -0.464 e. The second-order valence-electron chi connectivity index (χ2n) is 5.21. The van der Waals surface area contributed by atoms with Crippen molar-refractivity contribution in [3.8, 4) is 0 Å². The molecule has 3 aromatic rings. The van der Waals surface area contributed by atoms with Gasteiger partial charge in [0.25, 0.3) is 0 Å². The van der Waals surface area contributed by atoms with Crippen LogP contribution in [-0.4, -0.2) is 21.9 Å². The number of hydrogen-bond donors (Lipinski definition) is 1. The van der Waals surface area contributed by atoms with Crippen molar-refractivity contribution in [2.24, 2.45) is 0 Å². The molecule has 1 amide bonds. The average Bonchev–Trinajstić information content (AvgIpc) is 3.12. The van der Waals surface area contributed by atoms with Crippen molar-refractivity contribution in [2.45, 2.75) is 31.0 Å². The molecule has 7 heteroatoms. The second kappa shape index (κ2) is 7.14. The zero-order valence-electron chi connectivity index (χ0n) is 13.0. The monoisotopic (exact) mass is 347 g/mol. The van der Waals surface area contributed by atoms with Gasteiger partial charge in [0.05, 0.1) is 12.7 Å². The van der Waals surface area contributed by atoms with Gasteiger partial charge in [0.2, 0.25) is 11.0 Å². The fourth-order valence-corrected chi connectivity index (χ4v) is 3.87. The van der Waals surface area contributed by atoms with Crippen LogP contribution in [0.4, 0.5) is 5.13 Å². The molecule has 0 bridgehead atoms. The molecule has 0 atom stereocenters. The molecule has 23 heavy (non-hydrogen) atoms. The van der Waals surface area contributed by atoms with Crippen LogP contribution in [0.1, 0.15) is 24.5 Å². The van der Waals surface area contributed by atoms with Crippen LogP contribution in [0, 0.1) is 6.92 Å². The Labute approximate surface area is 142 Å². The molecule has 0 unspecified atom stereocenters. The van der Waals surface area contributed by atoms with Gasteiger partial charge in [0.1, 0.15) is 5.58 Å². The lowest BCUT2D eigenvalue weighted by Crippen LogP contribution is -2.14. The average molecular weight is 347 g/mol.